The van der Waals surface area contributed by atoms with E-state index in [1.165, 1.54) is 17.6 Å². The molecule has 9 nitrogen and oxygen atoms in total. The maximum atomic E-state index is 13.1. The number of aromatic nitrogens is 3. The first-order valence-electron chi connectivity index (χ1n) is 11.1. The first-order chi connectivity index (χ1) is 16.2. The number of carbonyl (C=O) groups is 2. The Labute approximate surface area is 193 Å². The Morgan fingerprint density at radius 2 is 1.61 bits per heavy atom. The average Bonchev–Trinajstić information content (AvgIpc) is 2.86. The predicted molar refractivity (Wildman–Crippen MR) is 127 cm³/mol. The van der Waals surface area contributed by atoms with Crippen LogP contribution in [0.4, 0.5) is 22.1 Å². The van der Waals surface area contributed by atoms with Crippen LogP contribution in [-0.4, -0.2) is 69.4 Å². The highest BCUT2D eigenvalue weighted by Crippen LogP contribution is 2.23. The van der Waals surface area contributed by atoms with Crippen LogP contribution in [0.2, 0.25) is 0 Å². The molecule has 2 aromatic carbocycles. The molecule has 1 aliphatic heterocycles. The fraction of sp³-hybridized carbons (Fsp3) is 0.292. The van der Waals surface area contributed by atoms with Crippen LogP contribution in [0.15, 0.2) is 67.3 Å². The van der Waals surface area contributed by atoms with Gasteiger partial charge >= 0.3 is 6.03 Å². The summed E-state index contributed by atoms with van der Waals surface area (Å²) in [5.74, 6) is 0.225. The molecule has 1 N–H and O–H groups in total. The predicted octanol–water partition coefficient (Wildman–Crippen LogP) is 3.41. The van der Waals surface area contributed by atoms with Crippen molar-refractivity contribution in [3.8, 4) is 0 Å². The lowest BCUT2D eigenvalue weighted by atomic mass is 10.1. The molecular formula is C24H27N7O2. The van der Waals surface area contributed by atoms with Crippen LogP contribution in [-0.2, 0) is 0 Å². The number of hydrogen-bond acceptors (Lipinski definition) is 6. The van der Waals surface area contributed by atoms with E-state index in [2.05, 4.69) is 32.1 Å². The minimum atomic E-state index is -0.418. The van der Waals surface area contributed by atoms with Crippen LogP contribution in [0, 0.1) is 0 Å². The molecule has 4 rings (SSSR count). The lowest BCUT2D eigenvalue weighted by Crippen LogP contribution is -2.48. The standard InChI is InChI=1S/C24H27N7O2/c1-2-12-29-13-15-30(16-14-29)22(32)19-8-10-20(11-9-19)28-24(33)31(21-6-4-3-5-7-21)23-26-17-25-18-27-23/h3-11,17-18H,2,12-16H2,1H3,(H,28,33). The third-order valence-corrected chi connectivity index (χ3v) is 5.48. The Morgan fingerprint density at radius 3 is 2.24 bits per heavy atom. The van der Waals surface area contributed by atoms with Gasteiger partial charge in [-0.15, -0.1) is 0 Å². The molecule has 33 heavy (non-hydrogen) atoms. The molecule has 2 heterocycles. The van der Waals surface area contributed by atoms with E-state index in [0.717, 1.165) is 39.1 Å². The molecule has 0 unspecified atom stereocenters. The van der Waals surface area contributed by atoms with Crippen molar-refractivity contribution in [3.05, 3.63) is 72.8 Å². The highest BCUT2D eigenvalue weighted by atomic mass is 16.2. The Kier molecular flexibility index (Phi) is 7.21. The van der Waals surface area contributed by atoms with Gasteiger partial charge in [-0.1, -0.05) is 25.1 Å². The van der Waals surface area contributed by atoms with Gasteiger partial charge in [-0.05, 0) is 49.4 Å². The lowest BCUT2D eigenvalue weighted by Gasteiger charge is -2.34. The molecule has 1 aliphatic rings. The number of urea groups is 1. The highest BCUT2D eigenvalue weighted by molar-refractivity contribution is 6.06. The number of para-hydroxylation sites is 1. The summed E-state index contributed by atoms with van der Waals surface area (Å²) in [4.78, 5) is 43.7. The summed E-state index contributed by atoms with van der Waals surface area (Å²) in [5, 5.41) is 2.86. The molecule has 3 aromatic rings. The molecule has 170 valence electrons. The molecule has 0 bridgehead atoms. The molecular weight excluding hydrogens is 418 g/mol. The zero-order chi connectivity index (χ0) is 23.0. The van der Waals surface area contributed by atoms with Crippen LogP contribution in [0.1, 0.15) is 23.7 Å². The second-order valence-electron chi connectivity index (χ2n) is 7.75. The van der Waals surface area contributed by atoms with Gasteiger partial charge in [0.05, 0.1) is 5.69 Å². The number of hydrogen-bond donors (Lipinski definition) is 1. The van der Waals surface area contributed by atoms with E-state index in [0.29, 0.717) is 16.9 Å². The zero-order valence-electron chi connectivity index (χ0n) is 18.6. The van der Waals surface area contributed by atoms with Gasteiger partial charge in [-0.2, -0.15) is 0 Å². The Morgan fingerprint density at radius 1 is 0.939 bits per heavy atom. The second-order valence-corrected chi connectivity index (χ2v) is 7.75. The summed E-state index contributed by atoms with van der Waals surface area (Å²) in [7, 11) is 0. The van der Waals surface area contributed by atoms with Crippen LogP contribution in [0.3, 0.4) is 0 Å². The summed E-state index contributed by atoms with van der Waals surface area (Å²) in [6, 6.07) is 15.7. The van der Waals surface area contributed by atoms with Crippen LogP contribution < -0.4 is 10.2 Å². The van der Waals surface area contributed by atoms with Gasteiger partial charge in [-0.3, -0.25) is 9.69 Å². The number of amides is 3. The van der Waals surface area contributed by atoms with Crippen molar-refractivity contribution in [2.24, 2.45) is 0 Å². The van der Waals surface area contributed by atoms with E-state index in [9.17, 15) is 9.59 Å². The van der Waals surface area contributed by atoms with Crippen molar-refractivity contribution in [1.82, 2.24) is 24.8 Å². The number of carbonyl (C=O) groups excluding carboxylic acids is 2. The third-order valence-electron chi connectivity index (χ3n) is 5.48. The monoisotopic (exact) mass is 445 g/mol. The molecule has 1 aromatic heterocycles. The maximum absolute atomic E-state index is 13.1. The number of nitrogens with zero attached hydrogens (tertiary/aromatic N) is 6. The fourth-order valence-electron chi connectivity index (χ4n) is 3.80. The highest BCUT2D eigenvalue weighted by Gasteiger charge is 2.23. The maximum Gasteiger partial charge on any atom is 0.333 e. The lowest BCUT2D eigenvalue weighted by molar-refractivity contribution is 0.0637. The number of anilines is 3. The topological polar surface area (TPSA) is 94.6 Å². The van der Waals surface area contributed by atoms with Gasteiger partial charge in [-0.25, -0.2) is 24.6 Å². The van der Waals surface area contributed by atoms with E-state index in [1.54, 1.807) is 36.4 Å². The summed E-state index contributed by atoms with van der Waals surface area (Å²) in [6.45, 7) is 6.51. The second kappa shape index (κ2) is 10.6. The van der Waals surface area contributed by atoms with E-state index in [1.807, 2.05) is 23.1 Å². The molecule has 0 aliphatic carbocycles. The average molecular weight is 446 g/mol. The molecule has 1 fully saturated rings. The van der Waals surface area contributed by atoms with Crippen LogP contribution in [0.25, 0.3) is 0 Å². The minimum absolute atomic E-state index is 0.0140. The number of nitrogens with one attached hydrogen (secondary N) is 1. The van der Waals surface area contributed by atoms with E-state index in [4.69, 9.17) is 0 Å². The normalized spacial score (nSPS) is 14.0. The van der Waals surface area contributed by atoms with Crippen molar-refractivity contribution in [3.63, 3.8) is 0 Å². The van der Waals surface area contributed by atoms with Crippen molar-refractivity contribution in [1.29, 1.82) is 0 Å². The smallest absolute Gasteiger partial charge is 0.333 e. The molecule has 0 atom stereocenters. The summed E-state index contributed by atoms with van der Waals surface area (Å²) in [5.41, 5.74) is 1.80. The van der Waals surface area contributed by atoms with E-state index < -0.39 is 6.03 Å². The van der Waals surface area contributed by atoms with Crippen molar-refractivity contribution in [2.45, 2.75) is 13.3 Å². The molecule has 9 heteroatoms. The quantitative estimate of drug-likeness (QED) is 0.625. The SMILES string of the molecule is CCCN1CCN(C(=O)c2ccc(NC(=O)N(c3ccccc3)c3ncncn3)cc2)CC1. The van der Waals surface area contributed by atoms with Gasteiger partial charge in [0, 0.05) is 37.4 Å². The molecule has 0 spiro atoms. The third kappa shape index (κ3) is 5.50. The molecule has 1 saturated heterocycles. The van der Waals surface area contributed by atoms with E-state index in [-0.39, 0.29) is 11.9 Å². The first kappa shape index (κ1) is 22.3. The fourth-order valence-corrected chi connectivity index (χ4v) is 3.80. The first-order valence-corrected chi connectivity index (χ1v) is 11.1. The molecule has 0 saturated carbocycles. The number of rotatable bonds is 6. The summed E-state index contributed by atoms with van der Waals surface area (Å²) in [6.07, 6.45) is 3.80. The zero-order valence-corrected chi connectivity index (χ0v) is 18.6. The van der Waals surface area contributed by atoms with Gasteiger partial charge < -0.3 is 10.2 Å². The Balaban J connectivity index is 1.43. The molecule has 3 amide bonds. The summed E-state index contributed by atoms with van der Waals surface area (Å²) >= 11 is 0. The number of piperazine rings is 1. The van der Waals surface area contributed by atoms with Crippen molar-refractivity contribution >= 4 is 29.3 Å². The van der Waals surface area contributed by atoms with Crippen LogP contribution in [0.5, 0.6) is 0 Å². The van der Waals surface area contributed by atoms with Gasteiger partial charge in [0.1, 0.15) is 12.7 Å². The number of benzene rings is 2. The van der Waals surface area contributed by atoms with Gasteiger partial charge in [0.25, 0.3) is 5.91 Å². The van der Waals surface area contributed by atoms with E-state index >= 15 is 0 Å². The largest absolute Gasteiger partial charge is 0.336 e. The van der Waals surface area contributed by atoms with Gasteiger partial charge in [0.15, 0.2) is 0 Å². The van der Waals surface area contributed by atoms with Crippen LogP contribution >= 0.6 is 0 Å². The van der Waals surface area contributed by atoms with Crippen molar-refractivity contribution in [2.75, 3.05) is 42.9 Å². The molecule has 0 radical (unpaired) electrons. The minimum Gasteiger partial charge on any atom is -0.336 e. The summed E-state index contributed by atoms with van der Waals surface area (Å²) < 4.78 is 0. The van der Waals surface area contributed by atoms with Gasteiger partial charge in [0.2, 0.25) is 5.95 Å². The van der Waals surface area contributed by atoms with Crippen molar-refractivity contribution < 1.29 is 9.59 Å². The Bertz CT molecular complexity index is 1010. The Hall–Kier alpha value is -3.85.